The second-order valence-electron chi connectivity index (χ2n) is 5.56. The molecule has 0 atom stereocenters. The molecule has 118 valence electrons. The van der Waals surface area contributed by atoms with E-state index >= 15 is 0 Å². The van der Waals surface area contributed by atoms with Gasteiger partial charge in [-0.15, -0.1) is 0 Å². The van der Waals surface area contributed by atoms with Gasteiger partial charge >= 0.3 is 0 Å². The zero-order valence-corrected chi connectivity index (χ0v) is 13.9. The quantitative estimate of drug-likeness (QED) is 0.684. The second kappa shape index (κ2) is 7.58. The molecule has 1 saturated carbocycles. The Hall–Kier alpha value is -0.620. The van der Waals surface area contributed by atoms with E-state index in [1.165, 1.54) is 18.9 Å². The molecule has 1 aromatic rings. The molecule has 0 amide bonds. The van der Waals surface area contributed by atoms with Gasteiger partial charge in [0.2, 0.25) is 10.0 Å². The summed E-state index contributed by atoms with van der Waals surface area (Å²) in [6.07, 6.45) is 4.43. The molecule has 0 heterocycles. The van der Waals surface area contributed by atoms with Crippen LogP contribution in [-0.2, 0) is 16.6 Å². The minimum absolute atomic E-state index is 0.238. The summed E-state index contributed by atoms with van der Waals surface area (Å²) in [4.78, 5) is 0.238. The predicted octanol–water partition coefficient (Wildman–Crippen LogP) is 2.92. The number of nitrogens with one attached hydrogen (secondary N) is 2. The van der Waals surface area contributed by atoms with E-state index in [1.807, 2.05) is 0 Å². The lowest BCUT2D eigenvalue weighted by molar-refractivity contribution is 0.575. The molecule has 2 N–H and O–H groups in total. The van der Waals surface area contributed by atoms with Crippen molar-refractivity contribution in [1.29, 1.82) is 0 Å². The first kappa shape index (κ1) is 16.7. The first-order valence-electron chi connectivity index (χ1n) is 7.51. The number of rotatable bonds is 9. The van der Waals surface area contributed by atoms with Gasteiger partial charge in [-0.2, -0.15) is 0 Å². The van der Waals surface area contributed by atoms with Gasteiger partial charge < -0.3 is 5.32 Å². The van der Waals surface area contributed by atoms with Gasteiger partial charge in [-0.1, -0.05) is 37.4 Å². The molecule has 0 radical (unpaired) electrons. The molecule has 1 aliphatic rings. The fraction of sp³-hybridized carbons (Fsp3) is 0.600. The molecule has 0 saturated heterocycles. The monoisotopic (exact) mass is 330 g/mol. The van der Waals surface area contributed by atoms with Crippen LogP contribution in [0.3, 0.4) is 0 Å². The Bertz CT molecular complexity index is 571. The van der Waals surface area contributed by atoms with E-state index in [0.717, 1.165) is 24.9 Å². The van der Waals surface area contributed by atoms with Crippen molar-refractivity contribution in [3.8, 4) is 0 Å². The zero-order valence-electron chi connectivity index (χ0n) is 12.4. The van der Waals surface area contributed by atoms with Crippen LogP contribution < -0.4 is 10.0 Å². The third-order valence-electron chi connectivity index (χ3n) is 3.62. The molecule has 0 aliphatic heterocycles. The summed E-state index contributed by atoms with van der Waals surface area (Å²) in [7, 11) is -3.45. The fourth-order valence-corrected chi connectivity index (χ4v) is 3.51. The van der Waals surface area contributed by atoms with Gasteiger partial charge in [-0.05, 0) is 43.0 Å². The van der Waals surface area contributed by atoms with Crippen LogP contribution in [0.4, 0.5) is 0 Å². The Labute approximate surface area is 132 Å². The largest absolute Gasteiger partial charge is 0.313 e. The van der Waals surface area contributed by atoms with Crippen molar-refractivity contribution in [2.75, 3.05) is 13.1 Å². The summed E-state index contributed by atoms with van der Waals surface area (Å²) >= 11 is 6.18. The van der Waals surface area contributed by atoms with Gasteiger partial charge in [0.25, 0.3) is 0 Å². The molecule has 1 aromatic carbocycles. The van der Waals surface area contributed by atoms with Crippen LogP contribution in [0.1, 0.15) is 38.2 Å². The van der Waals surface area contributed by atoms with Crippen molar-refractivity contribution in [1.82, 2.24) is 10.0 Å². The third-order valence-corrected chi connectivity index (χ3v) is 5.43. The van der Waals surface area contributed by atoms with E-state index in [4.69, 9.17) is 11.6 Å². The van der Waals surface area contributed by atoms with Crippen molar-refractivity contribution in [3.05, 3.63) is 28.8 Å². The Morgan fingerprint density at radius 2 is 2.05 bits per heavy atom. The number of hydrogen-bond donors (Lipinski definition) is 2. The van der Waals surface area contributed by atoms with E-state index in [1.54, 1.807) is 12.1 Å². The van der Waals surface area contributed by atoms with Gasteiger partial charge in [0.15, 0.2) is 0 Å². The average Bonchev–Trinajstić information content (AvgIpc) is 3.24. The highest BCUT2D eigenvalue weighted by molar-refractivity contribution is 7.89. The molecular formula is C15H23ClN2O2S. The average molecular weight is 331 g/mol. The SMILES string of the molecule is CCCNCc1ccc(S(=O)(=O)NCCC2CC2)cc1Cl. The highest BCUT2D eigenvalue weighted by Crippen LogP contribution is 2.31. The molecule has 1 aliphatic carbocycles. The molecular weight excluding hydrogens is 308 g/mol. The van der Waals surface area contributed by atoms with Crippen LogP contribution in [0, 0.1) is 5.92 Å². The number of benzene rings is 1. The third kappa shape index (κ3) is 5.25. The van der Waals surface area contributed by atoms with Crippen molar-refractivity contribution < 1.29 is 8.42 Å². The standard InChI is InChI=1S/C15H23ClN2O2S/c1-2-8-17-11-13-5-6-14(10-15(13)16)21(19,20)18-9-7-12-3-4-12/h5-6,10,12,17-18H,2-4,7-9,11H2,1H3. The lowest BCUT2D eigenvalue weighted by atomic mass is 10.2. The minimum atomic E-state index is -3.45. The summed E-state index contributed by atoms with van der Waals surface area (Å²) in [5, 5.41) is 3.74. The Morgan fingerprint density at radius 1 is 1.29 bits per heavy atom. The van der Waals surface area contributed by atoms with E-state index in [-0.39, 0.29) is 4.90 Å². The summed E-state index contributed by atoms with van der Waals surface area (Å²) in [6.45, 7) is 4.17. The number of hydrogen-bond acceptors (Lipinski definition) is 3. The number of sulfonamides is 1. The van der Waals surface area contributed by atoms with Crippen LogP contribution in [0.2, 0.25) is 5.02 Å². The maximum Gasteiger partial charge on any atom is 0.240 e. The van der Waals surface area contributed by atoms with Gasteiger partial charge in [-0.25, -0.2) is 13.1 Å². The Kier molecular flexibility index (Phi) is 6.05. The second-order valence-corrected chi connectivity index (χ2v) is 7.73. The lowest BCUT2D eigenvalue weighted by Gasteiger charge is -2.10. The van der Waals surface area contributed by atoms with E-state index in [9.17, 15) is 8.42 Å². The van der Waals surface area contributed by atoms with Crippen LogP contribution in [0.5, 0.6) is 0 Å². The van der Waals surface area contributed by atoms with Crippen LogP contribution in [0.25, 0.3) is 0 Å². The zero-order chi connectivity index (χ0) is 15.3. The van der Waals surface area contributed by atoms with Crippen LogP contribution in [0.15, 0.2) is 23.1 Å². The normalized spacial score (nSPS) is 15.3. The fourth-order valence-electron chi connectivity index (χ4n) is 2.13. The molecule has 0 bridgehead atoms. The lowest BCUT2D eigenvalue weighted by Crippen LogP contribution is -2.25. The first-order chi connectivity index (χ1) is 10.0. The smallest absolute Gasteiger partial charge is 0.240 e. The van der Waals surface area contributed by atoms with Crippen LogP contribution >= 0.6 is 11.6 Å². The van der Waals surface area contributed by atoms with Crippen molar-refractivity contribution in [2.24, 2.45) is 5.92 Å². The maximum absolute atomic E-state index is 12.2. The maximum atomic E-state index is 12.2. The first-order valence-corrected chi connectivity index (χ1v) is 9.38. The predicted molar refractivity (Wildman–Crippen MR) is 86.0 cm³/mol. The van der Waals surface area contributed by atoms with Crippen LogP contribution in [-0.4, -0.2) is 21.5 Å². The van der Waals surface area contributed by atoms with Crippen molar-refractivity contribution in [3.63, 3.8) is 0 Å². The Morgan fingerprint density at radius 3 is 2.67 bits per heavy atom. The van der Waals surface area contributed by atoms with Gasteiger partial charge in [0, 0.05) is 18.1 Å². The highest BCUT2D eigenvalue weighted by atomic mass is 35.5. The van der Waals surface area contributed by atoms with E-state index in [2.05, 4.69) is 17.0 Å². The Balaban J connectivity index is 1.96. The van der Waals surface area contributed by atoms with E-state index in [0.29, 0.717) is 24.0 Å². The van der Waals surface area contributed by atoms with Gasteiger partial charge in [0.1, 0.15) is 0 Å². The molecule has 0 unspecified atom stereocenters. The molecule has 6 heteroatoms. The summed E-state index contributed by atoms with van der Waals surface area (Å²) in [6, 6.07) is 4.93. The van der Waals surface area contributed by atoms with Crippen molar-refractivity contribution in [2.45, 2.75) is 44.0 Å². The van der Waals surface area contributed by atoms with Gasteiger partial charge in [-0.3, -0.25) is 0 Å². The topological polar surface area (TPSA) is 58.2 Å². The highest BCUT2D eigenvalue weighted by Gasteiger charge is 2.22. The van der Waals surface area contributed by atoms with E-state index < -0.39 is 10.0 Å². The molecule has 2 rings (SSSR count). The molecule has 0 aromatic heterocycles. The molecule has 1 fully saturated rings. The number of halogens is 1. The molecule has 0 spiro atoms. The summed E-state index contributed by atoms with van der Waals surface area (Å²) < 4.78 is 27.0. The van der Waals surface area contributed by atoms with Gasteiger partial charge in [0.05, 0.1) is 4.90 Å². The van der Waals surface area contributed by atoms with Crippen molar-refractivity contribution >= 4 is 21.6 Å². The molecule has 4 nitrogen and oxygen atoms in total. The summed E-state index contributed by atoms with van der Waals surface area (Å²) in [5.74, 6) is 0.711. The minimum Gasteiger partial charge on any atom is -0.313 e. The summed E-state index contributed by atoms with van der Waals surface area (Å²) in [5.41, 5.74) is 0.919. The molecule has 21 heavy (non-hydrogen) atoms.